The number of rotatable bonds is 15. The van der Waals surface area contributed by atoms with Crippen LogP contribution in [-0.4, -0.2) is 64.8 Å². The predicted octanol–water partition coefficient (Wildman–Crippen LogP) is 5.51. The number of aliphatic hydroxyl groups is 1. The van der Waals surface area contributed by atoms with Crippen molar-refractivity contribution in [1.29, 1.82) is 0 Å². The molecular formula is C38H53N5O5. The molecule has 0 saturated carbocycles. The predicted molar refractivity (Wildman–Crippen MR) is 188 cm³/mol. The van der Waals surface area contributed by atoms with Crippen LogP contribution >= 0.6 is 0 Å². The summed E-state index contributed by atoms with van der Waals surface area (Å²) < 4.78 is 4.81. The summed E-state index contributed by atoms with van der Waals surface area (Å²) in [6.45, 7) is 14.0. The molecule has 3 rings (SSSR count). The van der Waals surface area contributed by atoms with Gasteiger partial charge in [0.05, 0.1) is 24.9 Å². The maximum Gasteiger partial charge on any atom is 0.407 e. The molecule has 0 spiro atoms. The summed E-state index contributed by atoms with van der Waals surface area (Å²) >= 11 is 0. The van der Waals surface area contributed by atoms with Gasteiger partial charge in [-0.05, 0) is 46.9 Å². The van der Waals surface area contributed by atoms with E-state index in [-0.39, 0.29) is 23.8 Å². The van der Waals surface area contributed by atoms with Gasteiger partial charge in [0.25, 0.3) is 0 Å². The Labute approximate surface area is 285 Å². The molecule has 0 aliphatic heterocycles. The molecule has 0 radical (unpaired) electrons. The van der Waals surface area contributed by atoms with Crippen LogP contribution in [0.1, 0.15) is 66.0 Å². The second-order valence-electron chi connectivity index (χ2n) is 14.1. The summed E-state index contributed by atoms with van der Waals surface area (Å²) in [5, 5.41) is 19.2. The number of nitrogens with one attached hydrogen (secondary N) is 3. The van der Waals surface area contributed by atoms with Crippen molar-refractivity contribution in [1.82, 2.24) is 26.1 Å². The minimum Gasteiger partial charge on any atom is -0.453 e. The molecule has 4 N–H and O–H groups in total. The Hall–Kier alpha value is -4.28. The van der Waals surface area contributed by atoms with Crippen LogP contribution in [0, 0.1) is 16.7 Å². The molecular weight excluding hydrogens is 606 g/mol. The number of hydrogen-bond donors (Lipinski definition) is 4. The molecule has 10 heteroatoms. The van der Waals surface area contributed by atoms with Gasteiger partial charge < -0.3 is 20.5 Å². The third-order valence-corrected chi connectivity index (χ3v) is 9.15. The lowest BCUT2D eigenvalue weighted by molar-refractivity contribution is -0.134. The van der Waals surface area contributed by atoms with E-state index in [1.54, 1.807) is 11.2 Å². The zero-order valence-electron chi connectivity index (χ0n) is 29.6. The van der Waals surface area contributed by atoms with E-state index in [0.29, 0.717) is 19.4 Å². The third-order valence-electron chi connectivity index (χ3n) is 9.15. The highest BCUT2D eigenvalue weighted by molar-refractivity contribution is 5.86. The molecule has 3 amide bonds. The van der Waals surface area contributed by atoms with Crippen LogP contribution in [0.4, 0.5) is 4.79 Å². The van der Waals surface area contributed by atoms with Gasteiger partial charge >= 0.3 is 6.09 Å². The van der Waals surface area contributed by atoms with Crippen molar-refractivity contribution in [2.75, 3.05) is 13.7 Å². The second kappa shape index (κ2) is 17.2. The molecule has 3 aromatic rings. The molecule has 0 unspecified atom stereocenters. The summed E-state index contributed by atoms with van der Waals surface area (Å²) in [5.41, 5.74) is 5.81. The Balaban J connectivity index is 1.91. The quantitative estimate of drug-likeness (QED) is 0.158. The molecule has 0 aliphatic carbocycles. The van der Waals surface area contributed by atoms with E-state index in [0.717, 1.165) is 22.4 Å². The fraction of sp³-hybridized carbons (Fsp3) is 0.474. The lowest BCUT2D eigenvalue weighted by atomic mass is 9.81. The number of nitrogens with zero attached hydrogens (tertiary/aromatic N) is 2. The molecule has 0 bridgehead atoms. The van der Waals surface area contributed by atoms with Gasteiger partial charge in [-0.1, -0.05) is 109 Å². The Bertz CT molecular complexity index is 1460. The van der Waals surface area contributed by atoms with E-state index in [1.165, 1.54) is 7.11 Å². The molecule has 4 atom stereocenters. The van der Waals surface area contributed by atoms with E-state index in [4.69, 9.17) is 4.74 Å². The van der Waals surface area contributed by atoms with Crippen molar-refractivity contribution in [2.45, 2.75) is 86.0 Å². The normalized spacial score (nSPS) is 14.4. The summed E-state index contributed by atoms with van der Waals surface area (Å²) in [4.78, 5) is 43.9. The molecule has 2 aromatic carbocycles. The minimum atomic E-state index is -1.10. The van der Waals surface area contributed by atoms with Crippen LogP contribution < -0.4 is 16.1 Å². The van der Waals surface area contributed by atoms with Crippen molar-refractivity contribution in [3.05, 3.63) is 90.1 Å². The van der Waals surface area contributed by atoms with Crippen molar-refractivity contribution >= 4 is 17.9 Å². The Morgan fingerprint density at radius 1 is 0.875 bits per heavy atom. The van der Waals surface area contributed by atoms with Crippen molar-refractivity contribution in [3.63, 3.8) is 0 Å². The van der Waals surface area contributed by atoms with Crippen molar-refractivity contribution in [2.24, 2.45) is 16.7 Å². The molecule has 1 aromatic heterocycles. The monoisotopic (exact) mass is 659 g/mol. The Morgan fingerprint density at radius 3 is 2.08 bits per heavy atom. The van der Waals surface area contributed by atoms with Crippen molar-refractivity contribution in [3.8, 4) is 11.3 Å². The van der Waals surface area contributed by atoms with Crippen LogP contribution in [0.3, 0.4) is 0 Å². The average Bonchev–Trinajstić information content (AvgIpc) is 3.06. The molecule has 0 aliphatic rings. The number of pyridine rings is 1. The summed E-state index contributed by atoms with van der Waals surface area (Å²) in [6, 6.07) is 21.6. The maximum atomic E-state index is 13.8. The smallest absolute Gasteiger partial charge is 0.407 e. The molecule has 0 saturated heterocycles. The topological polar surface area (TPSA) is 133 Å². The summed E-state index contributed by atoms with van der Waals surface area (Å²) in [5.74, 6) is -0.922. The van der Waals surface area contributed by atoms with Crippen LogP contribution in [-0.2, 0) is 27.3 Å². The number of alkyl carbamates (subject to hydrolysis) is 1. The molecule has 0 fully saturated rings. The van der Waals surface area contributed by atoms with E-state index in [2.05, 4.69) is 21.0 Å². The zero-order valence-corrected chi connectivity index (χ0v) is 29.6. The number of amides is 3. The van der Waals surface area contributed by atoms with Crippen LogP contribution in [0.2, 0.25) is 0 Å². The van der Waals surface area contributed by atoms with Gasteiger partial charge in [0.1, 0.15) is 6.04 Å². The maximum absolute atomic E-state index is 13.8. The number of hydrogen-bond acceptors (Lipinski definition) is 7. The first-order chi connectivity index (χ1) is 22.6. The van der Waals surface area contributed by atoms with Gasteiger partial charge in [-0.25, -0.2) is 9.80 Å². The Kier molecular flexibility index (Phi) is 13.7. The van der Waals surface area contributed by atoms with Gasteiger partial charge in [-0.3, -0.25) is 20.0 Å². The van der Waals surface area contributed by atoms with Crippen LogP contribution in [0.5, 0.6) is 0 Å². The lowest BCUT2D eigenvalue weighted by Crippen LogP contribution is -2.59. The summed E-state index contributed by atoms with van der Waals surface area (Å²) in [6.07, 6.45) is 0.860. The fourth-order valence-corrected chi connectivity index (χ4v) is 5.10. The highest BCUT2D eigenvalue weighted by Crippen LogP contribution is 2.27. The van der Waals surface area contributed by atoms with Crippen LogP contribution in [0.25, 0.3) is 11.3 Å². The highest BCUT2D eigenvalue weighted by atomic mass is 16.5. The minimum absolute atomic E-state index is 0.0225. The highest BCUT2D eigenvalue weighted by Gasteiger charge is 2.38. The van der Waals surface area contributed by atoms with Gasteiger partial charge in [0.15, 0.2) is 0 Å². The van der Waals surface area contributed by atoms with E-state index in [9.17, 15) is 19.5 Å². The number of carbonyl (C=O) groups is 3. The molecule has 10 nitrogen and oxygen atoms in total. The third kappa shape index (κ3) is 11.2. The molecule has 48 heavy (non-hydrogen) atoms. The number of aliphatic hydroxyl groups excluding tert-OH is 1. The fourth-order valence-electron chi connectivity index (χ4n) is 5.10. The molecule has 260 valence electrons. The van der Waals surface area contributed by atoms with E-state index >= 15 is 0 Å². The number of carbonyl (C=O) groups excluding carboxylic acids is 3. The largest absolute Gasteiger partial charge is 0.453 e. The van der Waals surface area contributed by atoms with Gasteiger partial charge in [-0.2, -0.15) is 0 Å². The SMILES string of the molecule is CCC(C)(C)[C@H](NC(=O)OC)C(=O)N[C@@H](Cc1ccccc1)[C@@H](O)CN(Cc1ccc(-c2ccccn2)cc1)NC(=O)[C@@H](C)C(C)(C)C. The number of hydrazine groups is 1. The van der Waals surface area contributed by atoms with Crippen molar-refractivity contribution < 1.29 is 24.2 Å². The average molecular weight is 660 g/mol. The first-order valence-corrected chi connectivity index (χ1v) is 16.6. The standard InChI is InChI=1S/C38H53N5O5/c1-9-38(6,7)33(41-36(47)48-8)35(46)40-31(23-27-15-11-10-12-16-27)32(44)25-43(42-34(45)26(2)37(3,4)5)24-28-18-20-29(21-19-28)30-17-13-14-22-39-30/h10-22,26,31-33,44H,9,23-25H2,1-8H3,(H,40,46)(H,41,47)(H,42,45)/t26-,31+,32+,33-/m1/s1. The van der Waals surface area contributed by atoms with Crippen LogP contribution in [0.15, 0.2) is 79.0 Å². The van der Waals surface area contributed by atoms with E-state index in [1.807, 2.05) is 121 Å². The Morgan fingerprint density at radius 2 is 1.52 bits per heavy atom. The van der Waals surface area contributed by atoms with Gasteiger partial charge in [0, 0.05) is 30.8 Å². The lowest BCUT2D eigenvalue weighted by Gasteiger charge is -2.36. The van der Waals surface area contributed by atoms with E-state index < -0.39 is 35.6 Å². The number of methoxy groups -OCH3 is 1. The number of aromatic nitrogens is 1. The number of benzene rings is 2. The first kappa shape index (κ1) is 38.2. The first-order valence-electron chi connectivity index (χ1n) is 16.6. The van der Waals surface area contributed by atoms with Gasteiger partial charge in [-0.15, -0.1) is 0 Å². The summed E-state index contributed by atoms with van der Waals surface area (Å²) in [7, 11) is 1.25. The number of ether oxygens (including phenoxy) is 1. The van der Waals surface area contributed by atoms with Gasteiger partial charge in [0.2, 0.25) is 11.8 Å². The molecule has 1 heterocycles. The second-order valence-corrected chi connectivity index (χ2v) is 14.1. The zero-order chi connectivity index (χ0) is 35.5.